The van der Waals surface area contributed by atoms with Gasteiger partial charge >= 0.3 is 6.68 Å². The highest BCUT2D eigenvalue weighted by Gasteiger charge is 2.26. The molecular formula is C23H19ClF4N2O. The highest BCUT2D eigenvalue weighted by atomic mass is 35.5. The fourth-order valence-corrected chi connectivity index (χ4v) is 3.37. The molecule has 3 nitrogen and oxygen atoms in total. The SMILES string of the molecule is Cc1cc(-n2ncc3cc(C(C)(O)c4ccc(Cl)cc4)ccc32)ccc1F.FC(F)F. The summed E-state index contributed by atoms with van der Waals surface area (Å²) in [6.07, 6.45) is 1.75. The fourth-order valence-electron chi connectivity index (χ4n) is 3.24. The second kappa shape index (κ2) is 9.08. The van der Waals surface area contributed by atoms with Gasteiger partial charge in [-0.25, -0.2) is 9.07 Å². The van der Waals surface area contributed by atoms with Crippen LogP contribution >= 0.6 is 11.6 Å². The summed E-state index contributed by atoms with van der Waals surface area (Å²) >= 11 is 5.95. The number of hydrogen-bond acceptors (Lipinski definition) is 2. The molecule has 31 heavy (non-hydrogen) atoms. The predicted octanol–water partition coefficient (Wildman–Crippen LogP) is 6.56. The molecule has 0 aliphatic rings. The van der Waals surface area contributed by atoms with E-state index < -0.39 is 12.3 Å². The normalized spacial score (nSPS) is 13.1. The number of nitrogens with zero attached hydrogens (tertiary/aromatic N) is 2. The van der Waals surface area contributed by atoms with E-state index in [0.717, 1.165) is 27.7 Å². The topological polar surface area (TPSA) is 38.0 Å². The molecule has 1 unspecified atom stereocenters. The van der Waals surface area contributed by atoms with Crippen LogP contribution in [0.25, 0.3) is 16.6 Å². The van der Waals surface area contributed by atoms with Crippen LogP contribution in [-0.2, 0) is 5.60 Å². The maximum atomic E-state index is 13.6. The molecule has 1 aromatic heterocycles. The van der Waals surface area contributed by atoms with Gasteiger partial charge in [0.15, 0.2) is 0 Å². The molecule has 0 spiro atoms. The van der Waals surface area contributed by atoms with E-state index in [1.165, 1.54) is 6.07 Å². The van der Waals surface area contributed by atoms with Gasteiger partial charge in [-0.05, 0) is 73.0 Å². The summed E-state index contributed by atoms with van der Waals surface area (Å²) in [6.45, 7) is -0.183. The van der Waals surface area contributed by atoms with Gasteiger partial charge in [0, 0.05) is 10.4 Å². The number of fused-ring (bicyclic) bond motifs is 1. The summed E-state index contributed by atoms with van der Waals surface area (Å²) < 4.78 is 44.3. The van der Waals surface area contributed by atoms with Crippen molar-refractivity contribution in [1.82, 2.24) is 9.78 Å². The van der Waals surface area contributed by atoms with Crippen molar-refractivity contribution in [2.75, 3.05) is 0 Å². The predicted molar refractivity (Wildman–Crippen MR) is 113 cm³/mol. The molecule has 4 rings (SSSR count). The number of hydrogen-bond donors (Lipinski definition) is 1. The minimum Gasteiger partial charge on any atom is -0.381 e. The standard InChI is InChI=1S/C22H18ClFN2O.CHF3/c1-14-11-19(8-9-20(14)24)26-21-10-5-17(12-15(21)13-25-26)22(2,27)16-3-6-18(23)7-4-16;2-1(3)4/h3-13,27H,1-2H3;1H. The van der Waals surface area contributed by atoms with Gasteiger partial charge in [-0.15, -0.1) is 0 Å². The van der Waals surface area contributed by atoms with Crippen molar-refractivity contribution in [2.24, 2.45) is 0 Å². The number of alkyl halides is 3. The van der Waals surface area contributed by atoms with Gasteiger partial charge in [-0.3, -0.25) is 0 Å². The number of benzene rings is 3. The largest absolute Gasteiger partial charge is 0.381 e. The van der Waals surface area contributed by atoms with Crippen LogP contribution < -0.4 is 0 Å². The van der Waals surface area contributed by atoms with Gasteiger partial charge in [0.25, 0.3) is 0 Å². The molecule has 0 saturated heterocycles. The monoisotopic (exact) mass is 450 g/mol. The Morgan fingerprint density at radius 1 is 0.968 bits per heavy atom. The first-order chi connectivity index (χ1) is 14.6. The molecule has 1 atom stereocenters. The summed E-state index contributed by atoms with van der Waals surface area (Å²) in [6, 6.07) is 17.8. The fraction of sp³-hybridized carbons (Fsp3) is 0.174. The first-order valence-corrected chi connectivity index (χ1v) is 9.63. The maximum Gasteiger partial charge on any atom is 0.379 e. The summed E-state index contributed by atoms with van der Waals surface area (Å²) in [7, 11) is 0. The highest BCUT2D eigenvalue weighted by molar-refractivity contribution is 6.30. The van der Waals surface area contributed by atoms with Crippen molar-refractivity contribution in [3.05, 3.63) is 94.4 Å². The molecule has 0 saturated carbocycles. The Bertz CT molecular complexity index is 1190. The molecule has 3 aromatic carbocycles. The van der Waals surface area contributed by atoms with E-state index in [2.05, 4.69) is 5.10 Å². The number of aromatic nitrogens is 2. The Labute approximate surface area is 181 Å². The van der Waals surface area contributed by atoms with E-state index >= 15 is 0 Å². The second-order valence-corrected chi connectivity index (χ2v) is 7.53. The quantitative estimate of drug-likeness (QED) is 0.359. The summed E-state index contributed by atoms with van der Waals surface area (Å²) in [5.74, 6) is -0.239. The zero-order valence-electron chi connectivity index (χ0n) is 16.7. The third-order valence-corrected chi connectivity index (χ3v) is 5.17. The number of aryl methyl sites for hydroxylation is 1. The van der Waals surface area contributed by atoms with E-state index in [1.807, 2.05) is 30.3 Å². The third kappa shape index (κ3) is 5.06. The van der Waals surface area contributed by atoms with Crippen molar-refractivity contribution >= 4 is 22.5 Å². The van der Waals surface area contributed by atoms with Crippen LogP contribution in [0.3, 0.4) is 0 Å². The van der Waals surface area contributed by atoms with Crippen LogP contribution in [-0.4, -0.2) is 21.6 Å². The molecule has 0 aliphatic carbocycles. The first kappa shape index (κ1) is 22.8. The van der Waals surface area contributed by atoms with E-state index in [9.17, 15) is 22.7 Å². The summed E-state index contributed by atoms with van der Waals surface area (Å²) in [5, 5.41) is 17.0. The van der Waals surface area contributed by atoms with Gasteiger partial charge in [0.2, 0.25) is 0 Å². The molecule has 8 heteroatoms. The van der Waals surface area contributed by atoms with E-state index in [0.29, 0.717) is 10.6 Å². The van der Waals surface area contributed by atoms with Gasteiger partial charge in [0.1, 0.15) is 11.4 Å². The van der Waals surface area contributed by atoms with Crippen molar-refractivity contribution in [3.8, 4) is 5.69 Å². The molecule has 0 aliphatic heterocycles. The molecule has 0 fully saturated rings. The molecular weight excluding hydrogens is 432 g/mol. The van der Waals surface area contributed by atoms with Crippen LogP contribution in [0.4, 0.5) is 17.6 Å². The lowest BCUT2D eigenvalue weighted by Crippen LogP contribution is -2.22. The zero-order chi connectivity index (χ0) is 22.8. The van der Waals surface area contributed by atoms with Crippen molar-refractivity contribution < 1.29 is 22.7 Å². The van der Waals surface area contributed by atoms with E-state index in [1.54, 1.807) is 49.0 Å². The van der Waals surface area contributed by atoms with Gasteiger partial charge < -0.3 is 5.11 Å². The Morgan fingerprint density at radius 2 is 1.58 bits per heavy atom. The number of halogens is 5. The lowest BCUT2D eigenvalue weighted by atomic mass is 9.88. The minimum atomic E-state index is -3.67. The lowest BCUT2D eigenvalue weighted by Gasteiger charge is -2.24. The number of rotatable bonds is 3. The van der Waals surface area contributed by atoms with Crippen LogP contribution in [0.15, 0.2) is 66.9 Å². The molecule has 0 bridgehead atoms. The summed E-state index contributed by atoms with van der Waals surface area (Å²) in [4.78, 5) is 0. The third-order valence-electron chi connectivity index (χ3n) is 4.92. The molecule has 0 amide bonds. The zero-order valence-corrected chi connectivity index (χ0v) is 17.4. The Hall–Kier alpha value is -2.90. The van der Waals surface area contributed by atoms with Gasteiger partial charge in [-0.1, -0.05) is 29.8 Å². The van der Waals surface area contributed by atoms with Crippen LogP contribution in [0, 0.1) is 12.7 Å². The average Bonchev–Trinajstić information content (AvgIpc) is 3.13. The minimum absolute atomic E-state index is 0.239. The Kier molecular flexibility index (Phi) is 6.67. The second-order valence-electron chi connectivity index (χ2n) is 7.09. The van der Waals surface area contributed by atoms with Crippen molar-refractivity contribution in [3.63, 3.8) is 0 Å². The maximum absolute atomic E-state index is 13.6. The number of aliphatic hydroxyl groups is 1. The van der Waals surface area contributed by atoms with Crippen molar-refractivity contribution in [2.45, 2.75) is 26.1 Å². The Balaban J connectivity index is 0.000000628. The molecule has 1 N–H and O–H groups in total. The van der Waals surface area contributed by atoms with Gasteiger partial charge in [-0.2, -0.15) is 18.3 Å². The van der Waals surface area contributed by atoms with Crippen LogP contribution in [0.2, 0.25) is 5.02 Å². The molecule has 0 radical (unpaired) electrons. The molecule has 4 aromatic rings. The first-order valence-electron chi connectivity index (χ1n) is 9.25. The lowest BCUT2D eigenvalue weighted by molar-refractivity contribution is 0.00819. The average molecular weight is 451 g/mol. The van der Waals surface area contributed by atoms with Crippen LogP contribution in [0.5, 0.6) is 0 Å². The van der Waals surface area contributed by atoms with Gasteiger partial charge in [0.05, 0.1) is 17.4 Å². The summed E-state index contributed by atoms with van der Waals surface area (Å²) in [5.41, 5.74) is 2.60. The highest BCUT2D eigenvalue weighted by Crippen LogP contribution is 2.32. The Morgan fingerprint density at radius 3 is 2.19 bits per heavy atom. The van der Waals surface area contributed by atoms with Crippen LogP contribution in [0.1, 0.15) is 23.6 Å². The van der Waals surface area contributed by atoms with E-state index in [-0.39, 0.29) is 5.82 Å². The molecule has 162 valence electrons. The molecule has 1 heterocycles. The smallest absolute Gasteiger partial charge is 0.379 e. The van der Waals surface area contributed by atoms with Crippen molar-refractivity contribution in [1.29, 1.82) is 0 Å². The van der Waals surface area contributed by atoms with E-state index in [4.69, 9.17) is 11.6 Å².